The average Bonchev–Trinajstić information content (AvgIpc) is 2.86. The van der Waals surface area contributed by atoms with E-state index in [-0.39, 0.29) is 28.9 Å². The molecular formula is C14H19N3O3S. The summed E-state index contributed by atoms with van der Waals surface area (Å²) in [7, 11) is 0. The molecule has 0 aromatic heterocycles. The highest BCUT2D eigenvalue weighted by Gasteiger charge is 2.26. The smallest absolute Gasteiger partial charge is 0.270 e. The zero-order chi connectivity index (χ0) is 15.4. The molecule has 1 amide bonds. The van der Waals surface area contributed by atoms with E-state index in [1.54, 1.807) is 0 Å². The highest BCUT2D eigenvalue weighted by molar-refractivity contribution is 7.99. The SMILES string of the molecule is CCS[C@@H]1CC[C@@H](NC(=O)c2cc([N+](=O)[O-])ccc2N)C1. The lowest BCUT2D eigenvalue weighted by Crippen LogP contribution is -2.33. The number of carbonyl (C=O) groups excluding carboxylic acids is 1. The molecule has 2 rings (SSSR count). The van der Waals surface area contributed by atoms with Crippen LogP contribution in [0.3, 0.4) is 0 Å². The van der Waals surface area contributed by atoms with E-state index in [0.29, 0.717) is 5.25 Å². The van der Waals surface area contributed by atoms with E-state index in [1.807, 2.05) is 11.8 Å². The molecule has 1 aliphatic rings. The second-order valence-electron chi connectivity index (χ2n) is 5.09. The molecule has 114 valence electrons. The topological polar surface area (TPSA) is 98.3 Å². The highest BCUT2D eigenvalue weighted by atomic mass is 32.2. The number of carbonyl (C=O) groups is 1. The second-order valence-corrected chi connectivity index (χ2v) is 6.67. The maximum Gasteiger partial charge on any atom is 0.270 e. The van der Waals surface area contributed by atoms with Crippen molar-refractivity contribution in [2.24, 2.45) is 0 Å². The van der Waals surface area contributed by atoms with Crippen molar-refractivity contribution in [2.45, 2.75) is 37.5 Å². The summed E-state index contributed by atoms with van der Waals surface area (Å²) in [5, 5.41) is 14.3. The van der Waals surface area contributed by atoms with Gasteiger partial charge in [0, 0.05) is 29.1 Å². The molecule has 0 spiro atoms. The molecule has 0 saturated heterocycles. The summed E-state index contributed by atoms with van der Waals surface area (Å²) in [6.07, 6.45) is 2.98. The van der Waals surface area contributed by atoms with Crippen LogP contribution in [0.15, 0.2) is 18.2 Å². The minimum atomic E-state index is -0.528. The number of rotatable bonds is 5. The fourth-order valence-electron chi connectivity index (χ4n) is 2.58. The second kappa shape index (κ2) is 6.80. The zero-order valence-electron chi connectivity index (χ0n) is 11.9. The molecule has 0 unspecified atom stereocenters. The van der Waals surface area contributed by atoms with E-state index < -0.39 is 4.92 Å². The molecule has 0 radical (unpaired) electrons. The lowest BCUT2D eigenvalue weighted by atomic mass is 10.1. The number of nitrogens with zero attached hydrogens (tertiary/aromatic N) is 1. The minimum Gasteiger partial charge on any atom is -0.398 e. The van der Waals surface area contributed by atoms with Crippen LogP contribution in [-0.4, -0.2) is 27.9 Å². The van der Waals surface area contributed by atoms with Crippen LogP contribution in [0.5, 0.6) is 0 Å². The third-order valence-electron chi connectivity index (χ3n) is 3.61. The minimum absolute atomic E-state index is 0.125. The predicted molar refractivity (Wildman–Crippen MR) is 84.5 cm³/mol. The molecule has 7 heteroatoms. The van der Waals surface area contributed by atoms with Crippen LogP contribution < -0.4 is 11.1 Å². The van der Waals surface area contributed by atoms with E-state index in [4.69, 9.17) is 5.73 Å². The van der Waals surface area contributed by atoms with Gasteiger partial charge in [-0.05, 0) is 31.1 Å². The van der Waals surface area contributed by atoms with Crippen LogP contribution in [-0.2, 0) is 0 Å². The van der Waals surface area contributed by atoms with Crippen molar-refractivity contribution in [1.82, 2.24) is 5.32 Å². The molecule has 1 saturated carbocycles. The number of hydrogen-bond acceptors (Lipinski definition) is 5. The maximum atomic E-state index is 12.2. The number of thioether (sulfide) groups is 1. The van der Waals surface area contributed by atoms with Crippen LogP contribution in [0, 0.1) is 10.1 Å². The third-order valence-corrected chi connectivity index (χ3v) is 4.85. The van der Waals surface area contributed by atoms with Crippen LogP contribution in [0.25, 0.3) is 0 Å². The van der Waals surface area contributed by atoms with Gasteiger partial charge in [0.2, 0.25) is 0 Å². The predicted octanol–water partition coefficient (Wildman–Crippen LogP) is 2.58. The average molecular weight is 309 g/mol. The van der Waals surface area contributed by atoms with Crippen molar-refractivity contribution >= 4 is 29.0 Å². The number of non-ortho nitro benzene ring substituents is 1. The Hall–Kier alpha value is -1.76. The van der Waals surface area contributed by atoms with E-state index in [1.165, 1.54) is 18.2 Å². The van der Waals surface area contributed by atoms with Crippen molar-refractivity contribution in [2.75, 3.05) is 11.5 Å². The largest absolute Gasteiger partial charge is 0.398 e. The molecule has 0 bridgehead atoms. The summed E-state index contributed by atoms with van der Waals surface area (Å²) >= 11 is 1.91. The summed E-state index contributed by atoms with van der Waals surface area (Å²) in [5.41, 5.74) is 6.06. The Morgan fingerprint density at radius 3 is 2.95 bits per heavy atom. The van der Waals surface area contributed by atoms with Crippen LogP contribution in [0.4, 0.5) is 11.4 Å². The van der Waals surface area contributed by atoms with Gasteiger partial charge in [-0.1, -0.05) is 6.92 Å². The Kier molecular flexibility index (Phi) is 5.06. The molecular weight excluding hydrogens is 290 g/mol. The standard InChI is InChI=1S/C14H19N3O3S/c1-2-21-11-5-3-9(7-11)16-14(18)12-8-10(17(19)20)4-6-13(12)15/h4,6,8-9,11H,2-3,5,7,15H2,1H3,(H,16,18)/t9-,11-/m1/s1. The Labute approximate surface area is 127 Å². The molecule has 21 heavy (non-hydrogen) atoms. The number of nitrogen functional groups attached to an aromatic ring is 1. The van der Waals surface area contributed by atoms with Crippen LogP contribution >= 0.6 is 11.8 Å². The lowest BCUT2D eigenvalue weighted by Gasteiger charge is -2.14. The van der Waals surface area contributed by atoms with Gasteiger partial charge in [0.1, 0.15) is 0 Å². The van der Waals surface area contributed by atoms with E-state index in [9.17, 15) is 14.9 Å². The van der Waals surface area contributed by atoms with Crippen molar-refractivity contribution < 1.29 is 9.72 Å². The molecule has 1 aromatic carbocycles. The first-order valence-corrected chi connectivity index (χ1v) is 8.02. The molecule has 0 aliphatic heterocycles. The molecule has 1 fully saturated rings. The highest BCUT2D eigenvalue weighted by Crippen LogP contribution is 2.30. The number of nitro benzene ring substituents is 1. The van der Waals surface area contributed by atoms with E-state index in [0.717, 1.165) is 25.0 Å². The van der Waals surface area contributed by atoms with Crippen LogP contribution in [0.2, 0.25) is 0 Å². The monoisotopic (exact) mass is 309 g/mol. The van der Waals surface area contributed by atoms with Gasteiger partial charge >= 0.3 is 0 Å². The molecule has 1 aromatic rings. The van der Waals surface area contributed by atoms with Gasteiger partial charge in [0.15, 0.2) is 0 Å². The van der Waals surface area contributed by atoms with Gasteiger partial charge < -0.3 is 11.1 Å². The fourth-order valence-corrected chi connectivity index (χ4v) is 3.72. The number of nitrogens with two attached hydrogens (primary N) is 1. The number of hydrogen-bond donors (Lipinski definition) is 2. The molecule has 2 atom stereocenters. The number of nitro groups is 1. The van der Waals surface area contributed by atoms with Gasteiger partial charge in [-0.2, -0.15) is 11.8 Å². The lowest BCUT2D eigenvalue weighted by molar-refractivity contribution is -0.384. The van der Waals surface area contributed by atoms with Crippen LogP contribution in [0.1, 0.15) is 36.5 Å². The van der Waals surface area contributed by atoms with Crippen molar-refractivity contribution in [3.63, 3.8) is 0 Å². The Bertz CT molecular complexity index is 550. The van der Waals surface area contributed by atoms with Crippen molar-refractivity contribution in [1.29, 1.82) is 0 Å². The molecule has 6 nitrogen and oxygen atoms in total. The van der Waals surface area contributed by atoms with Crippen molar-refractivity contribution in [3.05, 3.63) is 33.9 Å². The van der Waals surface area contributed by atoms with E-state index in [2.05, 4.69) is 12.2 Å². The maximum absolute atomic E-state index is 12.2. The van der Waals surface area contributed by atoms with Gasteiger partial charge in [-0.3, -0.25) is 14.9 Å². The Morgan fingerprint density at radius 2 is 2.29 bits per heavy atom. The number of anilines is 1. The third kappa shape index (κ3) is 3.87. The van der Waals surface area contributed by atoms with Gasteiger partial charge in [-0.25, -0.2) is 0 Å². The van der Waals surface area contributed by atoms with Crippen molar-refractivity contribution in [3.8, 4) is 0 Å². The first kappa shape index (κ1) is 15.6. The molecule has 0 heterocycles. The Balaban J connectivity index is 2.04. The molecule has 1 aliphatic carbocycles. The van der Waals surface area contributed by atoms with Gasteiger partial charge in [-0.15, -0.1) is 0 Å². The Morgan fingerprint density at radius 1 is 1.52 bits per heavy atom. The first-order chi connectivity index (χ1) is 10.0. The normalized spacial score (nSPS) is 21.2. The number of amides is 1. The first-order valence-electron chi connectivity index (χ1n) is 6.97. The summed E-state index contributed by atoms with van der Waals surface area (Å²) in [6.45, 7) is 2.13. The number of benzene rings is 1. The fraction of sp³-hybridized carbons (Fsp3) is 0.500. The van der Waals surface area contributed by atoms with Gasteiger partial charge in [0.05, 0.1) is 10.5 Å². The van der Waals surface area contributed by atoms with E-state index >= 15 is 0 Å². The summed E-state index contributed by atoms with van der Waals surface area (Å²) in [4.78, 5) is 22.5. The zero-order valence-corrected chi connectivity index (χ0v) is 12.7. The molecule has 3 N–H and O–H groups in total. The summed E-state index contributed by atoms with van der Waals surface area (Å²) in [6, 6.07) is 4.06. The number of nitrogens with one attached hydrogen (secondary N) is 1. The summed E-state index contributed by atoms with van der Waals surface area (Å²) < 4.78 is 0. The summed E-state index contributed by atoms with van der Waals surface area (Å²) in [5.74, 6) is 0.742. The quantitative estimate of drug-likeness (QED) is 0.495. The van der Waals surface area contributed by atoms with Gasteiger partial charge in [0.25, 0.3) is 11.6 Å².